The second kappa shape index (κ2) is 7.38. The van der Waals surface area contributed by atoms with Gasteiger partial charge in [-0.05, 0) is 44.4 Å². The Morgan fingerprint density at radius 2 is 1.76 bits per heavy atom. The third-order valence-corrected chi connectivity index (χ3v) is 3.46. The van der Waals surface area contributed by atoms with Crippen LogP contribution in [0.1, 0.15) is 30.6 Å². The molecule has 0 aliphatic rings. The van der Waals surface area contributed by atoms with E-state index in [9.17, 15) is 4.79 Å². The van der Waals surface area contributed by atoms with Crippen LogP contribution in [-0.4, -0.2) is 30.9 Å². The fourth-order valence-corrected chi connectivity index (χ4v) is 2.18. The quantitative estimate of drug-likeness (QED) is 0.692. The number of Topliss-reactive ketones (excluding diaryl/α,β-unsaturated/α-hetero) is 1. The number of carbonyl (C=O) groups is 1. The number of thioether (sulfide) groups is 1. The Hall–Kier alpha value is -0.960. The van der Waals surface area contributed by atoms with E-state index in [1.54, 1.807) is 11.8 Å². The van der Waals surface area contributed by atoms with Crippen molar-refractivity contribution >= 4 is 23.2 Å². The van der Waals surface area contributed by atoms with Gasteiger partial charge in [0.15, 0.2) is 5.78 Å². The van der Waals surface area contributed by atoms with E-state index < -0.39 is 0 Å². The highest BCUT2D eigenvalue weighted by atomic mass is 32.2. The highest BCUT2D eigenvalue weighted by molar-refractivity contribution is 7.98. The predicted molar refractivity (Wildman–Crippen MR) is 77.3 cm³/mol. The molecule has 2 nitrogen and oxygen atoms in total. The molecule has 0 N–H and O–H groups in total. The van der Waals surface area contributed by atoms with E-state index in [-0.39, 0.29) is 5.78 Å². The van der Waals surface area contributed by atoms with Crippen LogP contribution in [0.3, 0.4) is 0 Å². The molecule has 17 heavy (non-hydrogen) atoms. The lowest BCUT2D eigenvalue weighted by Gasteiger charge is -2.20. The van der Waals surface area contributed by atoms with Gasteiger partial charge in [-0.1, -0.05) is 0 Å². The van der Waals surface area contributed by atoms with Gasteiger partial charge in [0.2, 0.25) is 0 Å². The van der Waals surface area contributed by atoms with Gasteiger partial charge in [-0.15, -0.1) is 0 Å². The molecule has 0 aliphatic heterocycles. The summed E-state index contributed by atoms with van der Waals surface area (Å²) in [5.41, 5.74) is 2.02. The number of carbonyl (C=O) groups excluding carboxylic acids is 1. The lowest BCUT2D eigenvalue weighted by Crippen LogP contribution is -2.21. The van der Waals surface area contributed by atoms with Crippen molar-refractivity contribution in [3.8, 4) is 0 Å². The summed E-state index contributed by atoms with van der Waals surface area (Å²) >= 11 is 1.71. The van der Waals surface area contributed by atoms with E-state index in [2.05, 4.69) is 18.7 Å². The molecule has 0 amide bonds. The molecular weight excluding hydrogens is 230 g/mol. The van der Waals surface area contributed by atoms with Crippen molar-refractivity contribution < 1.29 is 4.79 Å². The van der Waals surface area contributed by atoms with Crippen molar-refractivity contribution in [3.05, 3.63) is 29.8 Å². The van der Waals surface area contributed by atoms with Crippen LogP contribution in [0.25, 0.3) is 0 Å². The summed E-state index contributed by atoms with van der Waals surface area (Å²) < 4.78 is 0. The largest absolute Gasteiger partial charge is 0.372 e. The molecule has 1 aromatic carbocycles. The lowest BCUT2D eigenvalue weighted by molar-refractivity contribution is 0.0989. The van der Waals surface area contributed by atoms with E-state index >= 15 is 0 Å². The van der Waals surface area contributed by atoms with Gasteiger partial charge in [-0.2, -0.15) is 11.8 Å². The molecule has 0 saturated carbocycles. The zero-order valence-electron chi connectivity index (χ0n) is 10.9. The Labute approximate surface area is 108 Å². The normalized spacial score (nSPS) is 10.3. The molecule has 94 valence electrons. The third kappa shape index (κ3) is 4.08. The average molecular weight is 251 g/mol. The number of hydrogen-bond acceptors (Lipinski definition) is 3. The summed E-state index contributed by atoms with van der Waals surface area (Å²) in [7, 11) is 0. The minimum atomic E-state index is 0.241. The molecule has 0 saturated heterocycles. The monoisotopic (exact) mass is 251 g/mol. The van der Waals surface area contributed by atoms with E-state index in [0.29, 0.717) is 6.42 Å². The SMILES string of the molecule is CCN(CC)c1ccc(C(=O)CCSC)cc1. The van der Waals surface area contributed by atoms with Crippen LogP contribution in [-0.2, 0) is 0 Å². The van der Waals surface area contributed by atoms with Crippen molar-refractivity contribution in [2.75, 3.05) is 30.0 Å². The van der Waals surface area contributed by atoms with Crippen LogP contribution in [0.5, 0.6) is 0 Å². The van der Waals surface area contributed by atoms with Crippen molar-refractivity contribution in [2.45, 2.75) is 20.3 Å². The van der Waals surface area contributed by atoms with Crippen LogP contribution >= 0.6 is 11.8 Å². The lowest BCUT2D eigenvalue weighted by atomic mass is 10.1. The van der Waals surface area contributed by atoms with Crippen molar-refractivity contribution in [2.24, 2.45) is 0 Å². The van der Waals surface area contributed by atoms with Crippen LogP contribution in [0.4, 0.5) is 5.69 Å². The van der Waals surface area contributed by atoms with Crippen LogP contribution in [0.15, 0.2) is 24.3 Å². The number of benzene rings is 1. The molecule has 0 spiro atoms. The van der Waals surface area contributed by atoms with Gasteiger partial charge in [-0.3, -0.25) is 4.79 Å². The van der Waals surface area contributed by atoms with Gasteiger partial charge in [-0.25, -0.2) is 0 Å². The highest BCUT2D eigenvalue weighted by Gasteiger charge is 2.06. The molecule has 0 fully saturated rings. The minimum absolute atomic E-state index is 0.241. The molecule has 0 radical (unpaired) electrons. The first-order chi connectivity index (χ1) is 8.22. The van der Waals surface area contributed by atoms with Crippen LogP contribution in [0.2, 0.25) is 0 Å². The van der Waals surface area contributed by atoms with Crippen molar-refractivity contribution in [3.63, 3.8) is 0 Å². The number of ketones is 1. The maximum Gasteiger partial charge on any atom is 0.163 e. The Morgan fingerprint density at radius 1 is 1.18 bits per heavy atom. The van der Waals surface area contributed by atoms with Gasteiger partial charge >= 0.3 is 0 Å². The fourth-order valence-electron chi connectivity index (χ4n) is 1.79. The molecule has 0 aromatic heterocycles. The molecule has 0 bridgehead atoms. The second-order valence-corrected chi connectivity index (χ2v) is 4.87. The maximum absolute atomic E-state index is 11.8. The molecule has 0 atom stereocenters. The summed E-state index contributed by atoms with van der Waals surface area (Å²) in [5.74, 6) is 1.14. The van der Waals surface area contributed by atoms with Crippen LogP contribution < -0.4 is 4.90 Å². The van der Waals surface area contributed by atoms with E-state index in [4.69, 9.17) is 0 Å². The standard InChI is InChI=1S/C14H21NOS/c1-4-15(5-2)13-8-6-12(7-9-13)14(16)10-11-17-3/h6-9H,4-5,10-11H2,1-3H3. The second-order valence-electron chi connectivity index (χ2n) is 3.89. The smallest absolute Gasteiger partial charge is 0.163 e. The summed E-state index contributed by atoms with van der Waals surface area (Å²) in [6, 6.07) is 7.96. The Balaban J connectivity index is 2.70. The number of nitrogens with zero attached hydrogens (tertiary/aromatic N) is 1. The van der Waals surface area contributed by atoms with E-state index in [1.807, 2.05) is 30.5 Å². The van der Waals surface area contributed by atoms with Gasteiger partial charge in [0.1, 0.15) is 0 Å². The van der Waals surface area contributed by atoms with Gasteiger partial charge in [0, 0.05) is 36.5 Å². The predicted octanol–water partition coefficient (Wildman–Crippen LogP) is 3.47. The number of rotatable bonds is 7. The first-order valence-electron chi connectivity index (χ1n) is 6.10. The highest BCUT2D eigenvalue weighted by Crippen LogP contribution is 2.16. The Bertz CT molecular complexity index is 344. The Morgan fingerprint density at radius 3 is 2.24 bits per heavy atom. The molecule has 1 aromatic rings. The number of hydrogen-bond donors (Lipinski definition) is 0. The van der Waals surface area contributed by atoms with Crippen LogP contribution in [0, 0.1) is 0 Å². The summed E-state index contributed by atoms with van der Waals surface area (Å²) in [5, 5.41) is 0. The fraction of sp³-hybridized carbons (Fsp3) is 0.500. The van der Waals surface area contributed by atoms with Gasteiger partial charge < -0.3 is 4.90 Å². The van der Waals surface area contributed by atoms with Gasteiger partial charge in [0.25, 0.3) is 0 Å². The minimum Gasteiger partial charge on any atom is -0.372 e. The molecule has 3 heteroatoms. The molecule has 0 aliphatic carbocycles. The zero-order valence-corrected chi connectivity index (χ0v) is 11.7. The van der Waals surface area contributed by atoms with Gasteiger partial charge in [0.05, 0.1) is 0 Å². The number of anilines is 1. The van der Waals surface area contributed by atoms with Crippen molar-refractivity contribution in [1.82, 2.24) is 0 Å². The first kappa shape index (κ1) is 14.1. The zero-order chi connectivity index (χ0) is 12.7. The summed E-state index contributed by atoms with van der Waals surface area (Å²) in [4.78, 5) is 14.1. The average Bonchev–Trinajstić information content (AvgIpc) is 2.38. The molecule has 0 heterocycles. The van der Waals surface area contributed by atoms with Crippen molar-refractivity contribution in [1.29, 1.82) is 0 Å². The summed E-state index contributed by atoms with van der Waals surface area (Å²) in [6.45, 7) is 6.27. The summed E-state index contributed by atoms with van der Waals surface area (Å²) in [6.07, 6.45) is 2.66. The maximum atomic E-state index is 11.8. The third-order valence-electron chi connectivity index (χ3n) is 2.85. The molecule has 0 unspecified atom stereocenters. The first-order valence-corrected chi connectivity index (χ1v) is 7.49. The van der Waals surface area contributed by atoms with E-state index in [0.717, 1.165) is 24.4 Å². The van der Waals surface area contributed by atoms with E-state index in [1.165, 1.54) is 5.69 Å². The molecule has 1 rings (SSSR count). The topological polar surface area (TPSA) is 20.3 Å². The Kier molecular flexibility index (Phi) is 6.12. The molecular formula is C14H21NOS.